The fourth-order valence-corrected chi connectivity index (χ4v) is 2.64. The van der Waals surface area contributed by atoms with Crippen LogP contribution in [0.3, 0.4) is 0 Å². The number of nitrogens with two attached hydrogens (primary N) is 1. The molecule has 0 aromatic carbocycles. The Balaban J connectivity index is 1.90. The highest BCUT2D eigenvalue weighted by atomic mass is 16.5. The van der Waals surface area contributed by atoms with Gasteiger partial charge in [0.2, 0.25) is 11.7 Å². The highest BCUT2D eigenvalue weighted by Gasteiger charge is 2.36. The molecule has 0 spiro atoms. The van der Waals surface area contributed by atoms with Crippen molar-refractivity contribution in [2.24, 2.45) is 11.7 Å². The molecule has 0 radical (unpaired) electrons. The molecule has 5 nitrogen and oxygen atoms in total. The van der Waals surface area contributed by atoms with Gasteiger partial charge in [-0.15, -0.1) is 0 Å². The highest BCUT2D eigenvalue weighted by Crippen LogP contribution is 2.33. The summed E-state index contributed by atoms with van der Waals surface area (Å²) in [5.41, 5.74) is 5.27. The van der Waals surface area contributed by atoms with E-state index < -0.39 is 0 Å². The number of aryl methyl sites for hydroxylation is 1. The van der Waals surface area contributed by atoms with Gasteiger partial charge < -0.3 is 15.0 Å². The van der Waals surface area contributed by atoms with Gasteiger partial charge >= 0.3 is 0 Å². The fraction of sp³-hybridized carbons (Fsp3) is 0.857. The Labute approximate surface area is 114 Å². The Hall–Kier alpha value is -0.940. The first-order valence-corrected chi connectivity index (χ1v) is 7.35. The maximum absolute atomic E-state index is 5.72. The van der Waals surface area contributed by atoms with Gasteiger partial charge in [-0.1, -0.05) is 18.5 Å². The smallest absolute Gasteiger partial charge is 0.226 e. The minimum Gasteiger partial charge on any atom is -0.367 e. The van der Waals surface area contributed by atoms with E-state index in [2.05, 4.69) is 17.1 Å². The van der Waals surface area contributed by atoms with Crippen molar-refractivity contribution in [2.75, 3.05) is 13.2 Å². The Kier molecular flexibility index (Phi) is 4.93. The third-order valence-corrected chi connectivity index (χ3v) is 4.08. The van der Waals surface area contributed by atoms with Crippen molar-refractivity contribution in [3.8, 4) is 0 Å². The Morgan fingerprint density at radius 2 is 2.26 bits per heavy atom. The van der Waals surface area contributed by atoms with Crippen molar-refractivity contribution >= 4 is 0 Å². The van der Waals surface area contributed by atoms with Crippen LogP contribution in [0.4, 0.5) is 0 Å². The molecule has 2 atom stereocenters. The molecular formula is C14H25N3O2. The summed E-state index contributed by atoms with van der Waals surface area (Å²) in [6.07, 6.45) is 6.15. The summed E-state index contributed by atoms with van der Waals surface area (Å²) in [5.74, 6) is 2.08. The van der Waals surface area contributed by atoms with Crippen molar-refractivity contribution < 1.29 is 9.26 Å². The second-order valence-corrected chi connectivity index (χ2v) is 5.58. The predicted molar refractivity (Wildman–Crippen MR) is 72.6 cm³/mol. The minimum atomic E-state index is -0.344. The third-order valence-electron chi connectivity index (χ3n) is 4.08. The molecule has 5 heteroatoms. The van der Waals surface area contributed by atoms with Gasteiger partial charge in [0.05, 0.1) is 0 Å². The number of rotatable bonds is 7. The molecule has 1 aromatic heterocycles. The third kappa shape index (κ3) is 3.54. The highest BCUT2D eigenvalue weighted by molar-refractivity contribution is 5.01. The molecule has 0 saturated carbocycles. The van der Waals surface area contributed by atoms with Crippen LogP contribution in [-0.4, -0.2) is 23.3 Å². The maximum Gasteiger partial charge on any atom is 0.226 e. The molecule has 1 aromatic rings. The number of hydrogen-bond donors (Lipinski definition) is 1. The molecule has 0 bridgehead atoms. The zero-order chi connectivity index (χ0) is 13.7. The molecule has 2 unspecified atom stereocenters. The average molecular weight is 267 g/mol. The molecule has 0 amide bonds. The van der Waals surface area contributed by atoms with Gasteiger partial charge in [-0.05, 0) is 45.1 Å². The molecular weight excluding hydrogens is 242 g/mol. The van der Waals surface area contributed by atoms with Crippen LogP contribution in [0.1, 0.15) is 57.7 Å². The molecule has 2 N–H and O–H groups in total. The fourth-order valence-electron chi connectivity index (χ4n) is 2.64. The standard InChI is InChI=1S/C14H25N3O2/c1-3-11(7-9-15)5-6-12-16-13(17-19-12)14(2)8-4-10-18-14/h11H,3-10,15H2,1-2H3. The molecule has 1 aliphatic heterocycles. The Bertz CT molecular complexity index is 386. The Morgan fingerprint density at radius 3 is 2.89 bits per heavy atom. The first kappa shape index (κ1) is 14.5. The first-order chi connectivity index (χ1) is 9.18. The number of ether oxygens (including phenoxy) is 1. The molecule has 2 rings (SSSR count). The molecule has 108 valence electrons. The first-order valence-electron chi connectivity index (χ1n) is 7.35. The minimum absolute atomic E-state index is 0.344. The van der Waals surface area contributed by atoms with E-state index in [9.17, 15) is 0 Å². The van der Waals surface area contributed by atoms with Crippen LogP contribution in [0.15, 0.2) is 4.52 Å². The topological polar surface area (TPSA) is 74.2 Å². The predicted octanol–water partition coefficient (Wildman–Crippen LogP) is 2.40. The number of aromatic nitrogens is 2. The number of nitrogens with zero attached hydrogens (tertiary/aromatic N) is 2. The molecule has 1 fully saturated rings. The summed E-state index contributed by atoms with van der Waals surface area (Å²) in [5, 5.41) is 4.08. The summed E-state index contributed by atoms with van der Waals surface area (Å²) in [6.45, 7) is 5.78. The lowest BCUT2D eigenvalue weighted by Crippen LogP contribution is -2.21. The van der Waals surface area contributed by atoms with Crippen LogP contribution in [0, 0.1) is 5.92 Å². The van der Waals surface area contributed by atoms with Crippen molar-refractivity contribution in [3.63, 3.8) is 0 Å². The zero-order valence-corrected chi connectivity index (χ0v) is 12.0. The summed E-state index contributed by atoms with van der Waals surface area (Å²) in [4.78, 5) is 4.50. The summed E-state index contributed by atoms with van der Waals surface area (Å²) in [6, 6.07) is 0. The van der Waals surface area contributed by atoms with Gasteiger partial charge in [-0.3, -0.25) is 0 Å². The van der Waals surface area contributed by atoms with Crippen molar-refractivity contribution in [3.05, 3.63) is 11.7 Å². The Morgan fingerprint density at radius 1 is 1.42 bits per heavy atom. The second-order valence-electron chi connectivity index (χ2n) is 5.58. The number of hydrogen-bond acceptors (Lipinski definition) is 5. The van der Waals surface area contributed by atoms with Gasteiger partial charge in [-0.25, -0.2) is 0 Å². The van der Waals surface area contributed by atoms with Crippen LogP contribution in [0.25, 0.3) is 0 Å². The lowest BCUT2D eigenvalue weighted by molar-refractivity contribution is 0.00768. The van der Waals surface area contributed by atoms with Crippen molar-refractivity contribution in [1.29, 1.82) is 0 Å². The molecule has 2 heterocycles. The van der Waals surface area contributed by atoms with E-state index in [1.54, 1.807) is 0 Å². The van der Waals surface area contributed by atoms with E-state index in [1.165, 1.54) is 0 Å². The second kappa shape index (κ2) is 6.48. The normalized spacial score (nSPS) is 24.8. The summed E-state index contributed by atoms with van der Waals surface area (Å²) >= 11 is 0. The van der Waals surface area contributed by atoms with Crippen LogP contribution >= 0.6 is 0 Å². The van der Waals surface area contributed by atoms with Crippen molar-refractivity contribution in [1.82, 2.24) is 10.1 Å². The summed E-state index contributed by atoms with van der Waals surface area (Å²) < 4.78 is 11.1. The van der Waals surface area contributed by atoms with Gasteiger partial charge in [0.15, 0.2) is 0 Å². The van der Waals surface area contributed by atoms with E-state index in [-0.39, 0.29) is 5.60 Å². The van der Waals surface area contributed by atoms with Gasteiger partial charge in [0.1, 0.15) is 5.60 Å². The molecule has 1 saturated heterocycles. The lowest BCUT2D eigenvalue weighted by Gasteiger charge is -2.17. The van der Waals surface area contributed by atoms with E-state index in [0.29, 0.717) is 11.7 Å². The van der Waals surface area contributed by atoms with E-state index in [0.717, 1.165) is 57.6 Å². The van der Waals surface area contributed by atoms with E-state index >= 15 is 0 Å². The van der Waals surface area contributed by atoms with Crippen molar-refractivity contribution in [2.45, 2.75) is 58.0 Å². The summed E-state index contributed by atoms with van der Waals surface area (Å²) in [7, 11) is 0. The quantitative estimate of drug-likeness (QED) is 0.821. The van der Waals surface area contributed by atoms with Gasteiger partial charge in [0, 0.05) is 13.0 Å². The average Bonchev–Trinajstić information content (AvgIpc) is 3.04. The van der Waals surface area contributed by atoms with Crippen LogP contribution < -0.4 is 5.73 Å². The van der Waals surface area contributed by atoms with Crippen LogP contribution in [0.2, 0.25) is 0 Å². The molecule has 1 aliphatic rings. The van der Waals surface area contributed by atoms with E-state index in [1.807, 2.05) is 6.92 Å². The zero-order valence-electron chi connectivity index (χ0n) is 12.0. The SMILES string of the molecule is CCC(CCN)CCc1nc(C2(C)CCCO2)no1. The van der Waals surface area contributed by atoms with Gasteiger partial charge in [-0.2, -0.15) is 4.98 Å². The van der Waals surface area contributed by atoms with Crippen LogP contribution in [-0.2, 0) is 16.8 Å². The van der Waals surface area contributed by atoms with Crippen LogP contribution in [0.5, 0.6) is 0 Å². The monoisotopic (exact) mass is 267 g/mol. The maximum atomic E-state index is 5.72. The van der Waals surface area contributed by atoms with Gasteiger partial charge in [0.25, 0.3) is 0 Å². The lowest BCUT2D eigenvalue weighted by atomic mass is 9.97. The molecule has 0 aliphatic carbocycles. The van der Waals surface area contributed by atoms with E-state index in [4.69, 9.17) is 15.0 Å². The molecule has 19 heavy (non-hydrogen) atoms. The largest absolute Gasteiger partial charge is 0.367 e.